The maximum Gasteiger partial charge on any atom is 0.306 e. The van der Waals surface area contributed by atoms with Crippen LogP contribution >= 0.6 is 0 Å². The molecule has 0 aromatic carbocycles. The lowest BCUT2D eigenvalue weighted by Gasteiger charge is -2.41. The topological polar surface area (TPSA) is 175 Å². The normalized spacial score (nSPS) is 20.2. The molecule has 1 saturated heterocycles. The third-order valence-corrected chi connectivity index (χ3v) is 12.8. The number of carbonyl (C=O) groups excluding carboxylic acids is 2. The molecule has 8 unspecified atom stereocenters. The van der Waals surface area contributed by atoms with Crippen molar-refractivity contribution in [3.05, 3.63) is 109 Å². The van der Waals surface area contributed by atoms with Crippen molar-refractivity contribution in [2.24, 2.45) is 0 Å². The largest absolute Gasteiger partial charge is 0.454 e. The number of hydrogen-bond donors (Lipinski definition) is 6. The van der Waals surface area contributed by atoms with Crippen molar-refractivity contribution in [3.63, 3.8) is 0 Å². The predicted octanol–water partition coefficient (Wildman–Crippen LogP) is 12.9. The van der Waals surface area contributed by atoms with E-state index in [9.17, 15) is 35.1 Å². The Labute approximate surface area is 443 Å². The van der Waals surface area contributed by atoms with Crippen LogP contribution in [0, 0.1) is 0 Å². The van der Waals surface area contributed by atoms with Gasteiger partial charge in [-0.3, -0.25) is 9.59 Å². The van der Waals surface area contributed by atoms with Gasteiger partial charge in [0.1, 0.15) is 24.4 Å². The number of allylic oxidation sites excluding steroid dienone is 17. The highest BCUT2D eigenvalue weighted by Crippen LogP contribution is 2.26. The van der Waals surface area contributed by atoms with Gasteiger partial charge in [0.05, 0.1) is 25.4 Å². The first-order valence-electron chi connectivity index (χ1n) is 28.7. The van der Waals surface area contributed by atoms with Crippen LogP contribution in [0.25, 0.3) is 0 Å². The minimum atomic E-state index is -1.64. The van der Waals surface area contributed by atoms with E-state index >= 15 is 0 Å². The van der Waals surface area contributed by atoms with Crippen molar-refractivity contribution in [2.75, 3.05) is 13.2 Å². The molecule has 8 atom stereocenters. The lowest BCUT2D eigenvalue weighted by Crippen LogP contribution is -2.61. The van der Waals surface area contributed by atoms with E-state index in [1.165, 1.54) is 57.8 Å². The molecule has 11 nitrogen and oxygen atoms in total. The fourth-order valence-corrected chi connectivity index (χ4v) is 8.24. The molecule has 1 amide bonds. The molecular weight excluding hydrogens is 919 g/mol. The average Bonchev–Trinajstić information content (AvgIpc) is 3.39. The molecule has 0 radical (unpaired) electrons. The van der Waals surface area contributed by atoms with Crippen molar-refractivity contribution in [1.29, 1.82) is 0 Å². The summed E-state index contributed by atoms with van der Waals surface area (Å²) in [6.07, 6.45) is 55.5. The van der Waals surface area contributed by atoms with Crippen LogP contribution in [0.15, 0.2) is 109 Å². The fraction of sp³-hybridized carbons (Fsp3) is 0.677. The summed E-state index contributed by atoms with van der Waals surface area (Å²) in [7, 11) is 0. The number of aliphatic hydroxyl groups excluding tert-OH is 5. The zero-order valence-corrected chi connectivity index (χ0v) is 45.7. The van der Waals surface area contributed by atoms with Gasteiger partial charge in [0.2, 0.25) is 5.91 Å². The summed E-state index contributed by atoms with van der Waals surface area (Å²) in [5.41, 5.74) is 0. The van der Waals surface area contributed by atoms with Crippen molar-refractivity contribution >= 4 is 11.9 Å². The average molecular weight is 1020 g/mol. The molecule has 0 aromatic heterocycles. The highest BCUT2D eigenvalue weighted by atomic mass is 16.7. The zero-order chi connectivity index (χ0) is 53.3. The number of rotatable bonds is 46. The van der Waals surface area contributed by atoms with E-state index in [0.29, 0.717) is 12.8 Å². The molecule has 6 N–H and O–H groups in total. The maximum absolute atomic E-state index is 13.4. The second kappa shape index (κ2) is 49.2. The van der Waals surface area contributed by atoms with Crippen LogP contribution in [-0.4, -0.2) is 99.6 Å². The number of unbranched alkanes of at least 4 members (excludes halogenated alkanes) is 21. The highest BCUT2D eigenvalue weighted by molar-refractivity contribution is 5.80. The molecule has 0 aromatic rings. The number of amides is 1. The number of ether oxygens (including phenoxy) is 3. The van der Waals surface area contributed by atoms with E-state index in [-0.39, 0.29) is 19.4 Å². The minimum Gasteiger partial charge on any atom is -0.454 e. The monoisotopic (exact) mass is 1020 g/mol. The minimum absolute atomic E-state index is 0.0652. The summed E-state index contributed by atoms with van der Waals surface area (Å²) in [6.45, 7) is 5.55. The highest BCUT2D eigenvalue weighted by Gasteiger charge is 2.47. The summed E-state index contributed by atoms with van der Waals surface area (Å²) in [4.78, 5) is 26.4. The van der Waals surface area contributed by atoms with Gasteiger partial charge in [-0.05, 0) is 77.0 Å². The molecule has 0 aliphatic carbocycles. The first-order chi connectivity index (χ1) is 35.7. The molecule has 1 heterocycles. The van der Waals surface area contributed by atoms with Crippen molar-refractivity contribution in [2.45, 2.75) is 256 Å². The van der Waals surface area contributed by atoms with Crippen LogP contribution in [0.3, 0.4) is 0 Å². The summed E-state index contributed by atoms with van der Waals surface area (Å²) in [5.74, 6) is -1.26. The van der Waals surface area contributed by atoms with E-state index in [1.54, 1.807) is 6.08 Å². The van der Waals surface area contributed by atoms with Gasteiger partial charge in [-0.15, -0.1) is 0 Å². The zero-order valence-electron chi connectivity index (χ0n) is 45.7. The van der Waals surface area contributed by atoms with Gasteiger partial charge in [-0.1, -0.05) is 233 Å². The summed E-state index contributed by atoms with van der Waals surface area (Å²) in [5, 5.41) is 56.8. The smallest absolute Gasteiger partial charge is 0.306 e. The third kappa shape index (κ3) is 37.7. The number of carbonyl (C=O) groups is 2. The lowest BCUT2D eigenvalue weighted by atomic mass is 9.99. The predicted molar refractivity (Wildman–Crippen MR) is 301 cm³/mol. The summed E-state index contributed by atoms with van der Waals surface area (Å²) >= 11 is 0. The molecule has 0 spiro atoms. The molecule has 1 aliphatic heterocycles. The van der Waals surface area contributed by atoms with E-state index in [1.807, 2.05) is 66.8 Å². The van der Waals surface area contributed by atoms with Gasteiger partial charge < -0.3 is 45.1 Å². The van der Waals surface area contributed by atoms with Crippen molar-refractivity contribution < 1.29 is 49.3 Å². The van der Waals surface area contributed by atoms with E-state index < -0.39 is 67.4 Å². The first-order valence-corrected chi connectivity index (χ1v) is 28.7. The quantitative estimate of drug-likeness (QED) is 0.0149. The first kappa shape index (κ1) is 67.3. The maximum atomic E-state index is 13.4. The second-order valence-electron chi connectivity index (χ2n) is 19.4. The number of esters is 1. The Morgan fingerprint density at radius 3 is 1.62 bits per heavy atom. The standard InChI is InChI=1S/C62H103NO10/c1-4-7-10-13-16-19-22-24-26-28-30-32-35-38-41-44-47-50-57(67)73-60-59(69)58(68)56(51-64)72-62(60)71-52-53(54(65)48-45-42-39-36-33-21-18-15-12-9-6-3)63-61(70)55(66)49-46-43-40-37-34-31-29-27-25-23-20-17-14-11-8-5-2/h7,10,13,16-17,19-20,22,24-28,30,32,35,45,48,53-56,58-60,62,64-66,68-69H,4-6,8-9,11-12,14-15,18,21,23,29,31,33-34,36-44,46-47,49-52H2,1-3H3,(H,63,70)/b10-7-,16-13+,20-17-,22-19+,26-24-,27-25-,30-28+,35-32+,48-45+. The summed E-state index contributed by atoms with van der Waals surface area (Å²) in [6, 6.07) is -1.04. The Balaban J connectivity index is 2.77. The number of aliphatic hydroxyl groups is 5. The lowest BCUT2D eigenvalue weighted by molar-refractivity contribution is -0.305. The van der Waals surface area contributed by atoms with Crippen LogP contribution in [0.4, 0.5) is 0 Å². The van der Waals surface area contributed by atoms with Gasteiger partial charge in [0.15, 0.2) is 12.4 Å². The molecule has 11 heteroatoms. The molecule has 1 rings (SSSR count). The third-order valence-electron chi connectivity index (χ3n) is 12.8. The van der Waals surface area contributed by atoms with Gasteiger partial charge >= 0.3 is 5.97 Å². The molecule has 0 bridgehead atoms. The Hall–Kier alpha value is -3.68. The molecule has 0 saturated carbocycles. The van der Waals surface area contributed by atoms with Crippen LogP contribution in [0.5, 0.6) is 0 Å². The molecule has 73 heavy (non-hydrogen) atoms. The van der Waals surface area contributed by atoms with Gasteiger partial charge in [0.25, 0.3) is 0 Å². The SMILES string of the molecule is CC\C=C/C=C/C=C/C=C\C=C\C=C\CCCCCC(=O)OC1C(OCC(NC(=O)C(O)CCCCCCCC/C=C\C/C=C\CCCCC)C(O)/C=C/CCCCCCCCCCC)OC(CO)C(O)C1O. The Bertz CT molecular complexity index is 1600. The van der Waals surface area contributed by atoms with E-state index in [4.69, 9.17) is 14.2 Å². The van der Waals surface area contributed by atoms with E-state index in [2.05, 4.69) is 62.5 Å². The Morgan fingerprint density at radius 2 is 1.04 bits per heavy atom. The van der Waals surface area contributed by atoms with Crippen molar-refractivity contribution in [1.82, 2.24) is 5.32 Å². The van der Waals surface area contributed by atoms with Gasteiger partial charge in [-0.25, -0.2) is 0 Å². The Kier molecular flexibility index (Phi) is 45.4. The Morgan fingerprint density at radius 1 is 0.562 bits per heavy atom. The molecular formula is C62H103NO10. The van der Waals surface area contributed by atoms with E-state index in [0.717, 1.165) is 103 Å². The second-order valence-corrected chi connectivity index (χ2v) is 19.4. The van der Waals surface area contributed by atoms with Crippen LogP contribution in [-0.2, 0) is 23.8 Å². The van der Waals surface area contributed by atoms with Gasteiger partial charge in [0, 0.05) is 6.42 Å². The van der Waals surface area contributed by atoms with Crippen molar-refractivity contribution in [3.8, 4) is 0 Å². The van der Waals surface area contributed by atoms with Crippen LogP contribution in [0.1, 0.15) is 207 Å². The fourth-order valence-electron chi connectivity index (χ4n) is 8.24. The van der Waals surface area contributed by atoms with Gasteiger partial charge in [-0.2, -0.15) is 0 Å². The number of hydrogen-bond acceptors (Lipinski definition) is 10. The summed E-state index contributed by atoms with van der Waals surface area (Å²) < 4.78 is 17.5. The van der Waals surface area contributed by atoms with Crippen LogP contribution < -0.4 is 5.32 Å². The molecule has 1 aliphatic rings. The van der Waals surface area contributed by atoms with Crippen LogP contribution in [0.2, 0.25) is 0 Å². The molecule has 416 valence electrons. The molecule has 1 fully saturated rings. The number of nitrogens with one attached hydrogen (secondary N) is 1.